The molecular formula is C13H14N2O2S. The molecule has 0 aromatic carbocycles. The molecule has 0 bridgehead atoms. The Balaban J connectivity index is 2.49. The predicted molar refractivity (Wildman–Crippen MR) is 70.7 cm³/mol. The second-order valence-corrected chi connectivity index (χ2v) is 5.77. The van der Waals surface area contributed by atoms with E-state index in [1.807, 2.05) is 25.1 Å². The lowest BCUT2D eigenvalue weighted by atomic mass is 9.89. The first kappa shape index (κ1) is 12.7. The van der Waals surface area contributed by atoms with Crippen molar-refractivity contribution in [3.05, 3.63) is 35.0 Å². The molecular weight excluding hydrogens is 248 g/mol. The van der Waals surface area contributed by atoms with E-state index in [4.69, 9.17) is 0 Å². The average Bonchev–Trinajstić information content (AvgIpc) is 2.73. The van der Waals surface area contributed by atoms with Gasteiger partial charge in [0.1, 0.15) is 10.4 Å². The number of carboxylic acids is 1. The number of hydrogen-bond acceptors (Lipinski definition) is 4. The number of thiazole rings is 1. The number of carboxylic acid groups (broad SMARTS) is 1. The Labute approximate surface area is 109 Å². The Morgan fingerprint density at radius 1 is 1.39 bits per heavy atom. The third-order valence-electron chi connectivity index (χ3n) is 2.81. The highest BCUT2D eigenvalue weighted by molar-refractivity contribution is 7.15. The summed E-state index contributed by atoms with van der Waals surface area (Å²) in [6.07, 6.45) is 1.70. The van der Waals surface area contributed by atoms with Gasteiger partial charge < -0.3 is 5.11 Å². The molecule has 0 spiro atoms. The van der Waals surface area contributed by atoms with E-state index in [0.717, 1.165) is 15.6 Å². The summed E-state index contributed by atoms with van der Waals surface area (Å²) in [5, 5.41) is 10.0. The summed E-state index contributed by atoms with van der Waals surface area (Å²) in [7, 11) is 0. The number of rotatable bonds is 3. The fourth-order valence-corrected chi connectivity index (χ4v) is 2.73. The topological polar surface area (TPSA) is 63.1 Å². The molecule has 0 aliphatic carbocycles. The number of aromatic nitrogens is 2. The highest BCUT2D eigenvalue weighted by atomic mass is 32.1. The van der Waals surface area contributed by atoms with Crippen molar-refractivity contribution in [1.82, 2.24) is 9.97 Å². The summed E-state index contributed by atoms with van der Waals surface area (Å²) in [6.45, 7) is 5.23. The van der Waals surface area contributed by atoms with E-state index < -0.39 is 11.4 Å². The van der Waals surface area contributed by atoms with Crippen LogP contribution in [0.1, 0.15) is 24.4 Å². The van der Waals surface area contributed by atoms with E-state index in [0.29, 0.717) is 5.69 Å². The quantitative estimate of drug-likeness (QED) is 0.923. The van der Waals surface area contributed by atoms with Crippen LogP contribution in [0.25, 0.3) is 10.7 Å². The van der Waals surface area contributed by atoms with Gasteiger partial charge in [0.25, 0.3) is 0 Å². The van der Waals surface area contributed by atoms with Crippen molar-refractivity contribution in [2.24, 2.45) is 0 Å². The summed E-state index contributed by atoms with van der Waals surface area (Å²) >= 11 is 1.47. The second kappa shape index (κ2) is 4.49. The zero-order valence-corrected chi connectivity index (χ0v) is 11.3. The van der Waals surface area contributed by atoms with E-state index in [1.54, 1.807) is 20.0 Å². The zero-order chi connectivity index (χ0) is 13.3. The van der Waals surface area contributed by atoms with Crippen LogP contribution in [0.15, 0.2) is 24.4 Å². The van der Waals surface area contributed by atoms with Gasteiger partial charge in [0.2, 0.25) is 0 Å². The Morgan fingerprint density at radius 3 is 2.67 bits per heavy atom. The van der Waals surface area contributed by atoms with Crippen molar-refractivity contribution in [2.45, 2.75) is 26.2 Å². The van der Waals surface area contributed by atoms with Gasteiger partial charge in [-0.2, -0.15) is 0 Å². The minimum Gasteiger partial charge on any atom is -0.481 e. The zero-order valence-electron chi connectivity index (χ0n) is 10.5. The largest absolute Gasteiger partial charge is 0.481 e. The molecule has 18 heavy (non-hydrogen) atoms. The fraction of sp³-hybridized carbons (Fsp3) is 0.308. The van der Waals surface area contributed by atoms with Crippen LogP contribution in [-0.2, 0) is 10.2 Å². The average molecular weight is 262 g/mol. The first-order valence-corrected chi connectivity index (χ1v) is 6.37. The highest BCUT2D eigenvalue weighted by Gasteiger charge is 2.34. The van der Waals surface area contributed by atoms with Crippen LogP contribution in [0, 0.1) is 6.92 Å². The van der Waals surface area contributed by atoms with E-state index in [9.17, 15) is 9.90 Å². The van der Waals surface area contributed by atoms with Gasteiger partial charge in [0.05, 0.1) is 11.4 Å². The van der Waals surface area contributed by atoms with Gasteiger partial charge in [0, 0.05) is 11.1 Å². The Kier molecular flexibility index (Phi) is 3.17. The van der Waals surface area contributed by atoms with Gasteiger partial charge in [0.15, 0.2) is 0 Å². The lowest BCUT2D eigenvalue weighted by molar-refractivity contribution is -0.142. The lowest BCUT2D eigenvalue weighted by Gasteiger charge is -2.17. The van der Waals surface area contributed by atoms with Crippen LogP contribution in [0.2, 0.25) is 0 Å². The third-order valence-corrected chi connectivity index (χ3v) is 3.80. The summed E-state index contributed by atoms with van der Waals surface area (Å²) in [6, 6.07) is 5.60. The molecule has 2 rings (SSSR count). The van der Waals surface area contributed by atoms with Gasteiger partial charge in [-0.05, 0) is 32.9 Å². The number of aryl methyl sites for hydroxylation is 1. The van der Waals surface area contributed by atoms with E-state index in [-0.39, 0.29) is 0 Å². The molecule has 0 fully saturated rings. The van der Waals surface area contributed by atoms with Gasteiger partial charge in [-0.15, -0.1) is 11.3 Å². The molecule has 0 saturated carbocycles. The first-order valence-electron chi connectivity index (χ1n) is 5.55. The summed E-state index contributed by atoms with van der Waals surface area (Å²) in [4.78, 5) is 20.9. The molecule has 0 saturated heterocycles. The molecule has 2 aromatic rings. The van der Waals surface area contributed by atoms with Crippen molar-refractivity contribution in [3.8, 4) is 10.7 Å². The summed E-state index contributed by atoms with van der Waals surface area (Å²) < 4.78 is 0. The molecule has 0 aliphatic rings. The molecule has 0 amide bonds. The monoisotopic (exact) mass is 262 g/mol. The van der Waals surface area contributed by atoms with Gasteiger partial charge in [-0.3, -0.25) is 9.78 Å². The lowest BCUT2D eigenvalue weighted by Crippen LogP contribution is -2.29. The molecule has 4 nitrogen and oxygen atoms in total. The number of carbonyl (C=O) groups is 1. The minimum absolute atomic E-state index is 0.612. The van der Waals surface area contributed by atoms with Crippen molar-refractivity contribution in [3.63, 3.8) is 0 Å². The Bertz CT molecular complexity index is 576. The highest BCUT2D eigenvalue weighted by Crippen LogP contribution is 2.33. The van der Waals surface area contributed by atoms with E-state index >= 15 is 0 Å². The van der Waals surface area contributed by atoms with Crippen LogP contribution in [0.4, 0.5) is 0 Å². The standard InChI is InChI=1S/C13H14N2O2S/c1-8-10(13(2,3)12(16)17)15-11(18-8)9-6-4-5-7-14-9/h4-7H,1-3H3,(H,16,17). The fourth-order valence-electron chi connectivity index (χ4n) is 1.68. The summed E-state index contributed by atoms with van der Waals surface area (Å²) in [5.41, 5.74) is 0.409. The van der Waals surface area contributed by atoms with Gasteiger partial charge >= 0.3 is 5.97 Å². The number of aliphatic carboxylic acids is 1. The first-order chi connectivity index (χ1) is 8.43. The number of pyridine rings is 1. The molecule has 2 heterocycles. The van der Waals surface area contributed by atoms with Crippen LogP contribution in [0.5, 0.6) is 0 Å². The van der Waals surface area contributed by atoms with Crippen LogP contribution in [-0.4, -0.2) is 21.0 Å². The predicted octanol–water partition coefficient (Wildman–Crippen LogP) is 2.88. The minimum atomic E-state index is -0.979. The maximum absolute atomic E-state index is 11.3. The van der Waals surface area contributed by atoms with Crippen molar-refractivity contribution in [1.29, 1.82) is 0 Å². The Hall–Kier alpha value is -1.75. The number of nitrogens with zero attached hydrogens (tertiary/aromatic N) is 2. The van der Waals surface area contributed by atoms with Gasteiger partial charge in [-0.1, -0.05) is 6.07 Å². The van der Waals surface area contributed by atoms with E-state index in [1.165, 1.54) is 11.3 Å². The maximum atomic E-state index is 11.3. The summed E-state index contributed by atoms with van der Waals surface area (Å²) in [5.74, 6) is -0.872. The normalized spacial score (nSPS) is 11.5. The third kappa shape index (κ3) is 2.13. The van der Waals surface area contributed by atoms with Crippen LogP contribution >= 0.6 is 11.3 Å². The Morgan fingerprint density at radius 2 is 2.11 bits per heavy atom. The SMILES string of the molecule is Cc1sc(-c2ccccn2)nc1C(C)(C)C(=O)O. The molecule has 0 aliphatic heterocycles. The van der Waals surface area contributed by atoms with Crippen molar-refractivity contribution >= 4 is 17.3 Å². The maximum Gasteiger partial charge on any atom is 0.315 e. The van der Waals surface area contributed by atoms with E-state index in [2.05, 4.69) is 9.97 Å². The van der Waals surface area contributed by atoms with Crippen molar-refractivity contribution < 1.29 is 9.90 Å². The van der Waals surface area contributed by atoms with Gasteiger partial charge in [-0.25, -0.2) is 4.98 Å². The molecule has 0 atom stereocenters. The second-order valence-electron chi connectivity index (χ2n) is 4.57. The molecule has 5 heteroatoms. The molecule has 0 unspecified atom stereocenters. The molecule has 2 aromatic heterocycles. The molecule has 1 N–H and O–H groups in total. The van der Waals surface area contributed by atoms with Crippen LogP contribution < -0.4 is 0 Å². The molecule has 94 valence electrons. The van der Waals surface area contributed by atoms with Crippen molar-refractivity contribution in [2.75, 3.05) is 0 Å². The van der Waals surface area contributed by atoms with Crippen LogP contribution in [0.3, 0.4) is 0 Å². The number of hydrogen-bond donors (Lipinski definition) is 1. The smallest absolute Gasteiger partial charge is 0.315 e. The molecule has 0 radical (unpaired) electrons.